The van der Waals surface area contributed by atoms with Gasteiger partial charge in [0.15, 0.2) is 6.61 Å². The lowest BCUT2D eigenvalue weighted by Gasteiger charge is -2.31. The van der Waals surface area contributed by atoms with Crippen LogP contribution in [0.25, 0.3) is 0 Å². The fraction of sp³-hybridized carbons (Fsp3) is 0.333. The van der Waals surface area contributed by atoms with Crippen molar-refractivity contribution < 1.29 is 14.3 Å². The van der Waals surface area contributed by atoms with Crippen molar-refractivity contribution in [3.8, 4) is 5.75 Å². The molecule has 0 heterocycles. The van der Waals surface area contributed by atoms with Crippen molar-refractivity contribution in [1.82, 2.24) is 10.2 Å². The molecular weight excluding hydrogens is 507 g/mol. The number of ether oxygens (including phenoxy) is 1. The Morgan fingerprint density at radius 3 is 2.30 bits per heavy atom. The molecule has 0 bridgehead atoms. The Kier molecular flexibility index (Phi) is 10.8. The van der Waals surface area contributed by atoms with Crippen molar-refractivity contribution in [1.29, 1.82) is 0 Å². The van der Waals surface area contributed by atoms with Gasteiger partial charge in [-0.1, -0.05) is 92.5 Å². The first-order valence-corrected chi connectivity index (χ1v) is 13.3. The van der Waals surface area contributed by atoms with Crippen LogP contribution < -0.4 is 10.1 Å². The van der Waals surface area contributed by atoms with Crippen LogP contribution in [0.1, 0.15) is 49.8 Å². The van der Waals surface area contributed by atoms with Crippen LogP contribution in [0.3, 0.4) is 0 Å². The molecule has 0 aliphatic carbocycles. The largest absolute Gasteiger partial charge is 0.484 e. The van der Waals surface area contributed by atoms with Crippen LogP contribution in [0, 0.1) is 0 Å². The van der Waals surface area contributed by atoms with Crippen LogP contribution in [-0.2, 0) is 22.6 Å². The second-order valence-corrected chi connectivity index (χ2v) is 10.1. The zero-order chi connectivity index (χ0) is 26.8. The van der Waals surface area contributed by atoms with Gasteiger partial charge in [0.25, 0.3) is 5.91 Å². The normalized spacial score (nSPS) is 11.7. The summed E-state index contributed by atoms with van der Waals surface area (Å²) in [5, 5.41) is 3.89. The molecule has 1 unspecified atom stereocenters. The number of rotatable bonds is 12. The average molecular weight is 542 g/mol. The van der Waals surface area contributed by atoms with Gasteiger partial charge in [-0.2, -0.15) is 0 Å². The standard InChI is InChI=1S/C30H34Cl2N2O3/c1-4-16-33-30(36)28(17-22-8-6-5-7-9-22)34(19-24-10-13-25(31)18-27(24)32)29(35)20-37-26-14-11-23(12-15-26)21(2)3/h5-15,18,21,28H,4,16-17,19-20H2,1-3H3,(H,33,36). The van der Waals surface area contributed by atoms with E-state index in [0.717, 1.165) is 12.0 Å². The van der Waals surface area contributed by atoms with E-state index in [1.165, 1.54) is 5.56 Å². The van der Waals surface area contributed by atoms with E-state index in [9.17, 15) is 9.59 Å². The topological polar surface area (TPSA) is 58.6 Å². The fourth-order valence-corrected chi connectivity index (χ4v) is 4.40. The highest BCUT2D eigenvalue weighted by Gasteiger charge is 2.31. The molecule has 0 radical (unpaired) electrons. The molecule has 7 heteroatoms. The van der Waals surface area contributed by atoms with Crippen LogP contribution >= 0.6 is 23.2 Å². The molecule has 3 aromatic carbocycles. The first kappa shape index (κ1) is 28.5. The minimum atomic E-state index is -0.750. The molecule has 196 valence electrons. The highest BCUT2D eigenvalue weighted by molar-refractivity contribution is 6.35. The zero-order valence-electron chi connectivity index (χ0n) is 21.5. The third-order valence-electron chi connectivity index (χ3n) is 6.09. The summed E-state index contributed by atoms with van der Waals surface area (Å²) in [6.07, 6.45) is 1.15. The Labute approximate surface area is 229 Å². The van der Waals surface area contributed by atoms with Crippen LogP contribution in [0.4, 0.5) is 0 Å². The fourth-order valence-electron chi connectivity index (χ4n) is 3.93. The SMILES string of the molecule is CCCNC(=O)C(Cc1ccccc1)N(Cc1ccc(Cl)cc1Cl)C(=O)COc1ccc(C(C)C)cc1. The molecule has 0 spiro atoms. The van der Waals surface area contributed by atoms with Gasteiger partial charge in [-0.25, -0.2) is 0 Å². The van der Waals surface area contributed by atoms with Gasteiger partial charge in [0.2, 0.25) is 5.91 Å². The van der Waals surface area contributed by atoms with E-state index in [2.05, 4.69) is 19.2 Å². The molecule has 0 aliphatic rings. The number of carbonyl (C=O) groups is 2. The number of benzene rings is 3. The minimum absolute atomic E-state index is 0.140. The molecule has 5 nitrogen and oxygen atoms in total. The van der Waals surface area contributed by atoms with Crippen molar-refractivity contribution in [2.45, 2.75) is 52.1 Å². The number of nitrogens with zero attached hydrogens (tertiary/aromatic N) is 1. The second-order valence-electron chi connectivity index (χ2n) is 9.27. The summed E-state index contributed by atoms with van der Waals surface area (Å²) in [5.41, 5.74) is 2.83. The van der Waals surface area contributed by atoms with Gasteiger partial charge in [0, 0.05) is 29.6 Å². The lowest BCUT2D eigenvalue weighted by atomic mass is 10.0. The third kappa shape index (κ3) is 8.51. The molecule has 0 fully saturated rings. The van der Waals surface area contributed by atoms with Gasteiger partial charge in [0.1, 0.15) is 11.8 Å². The van der Waals surface area contributed by atoms with E-state index in [0.29, 0.717) is 40.2 Å². The third-order valence-corrected chi connectivity index (χ3v) is 6.67. The minimum Gasteiger partial charge on any atom is -0.484 e. The molecule has 37 heavy (non-hydrogen) atoms. The molecule has 0 aliphatic heterocycles. The van der Waals surface area contributed by atoms with Crippen LogP contribution in [0.2, 0.25) is 10.0 Å². The summed E-state index contributed by atoms with van der Waals surface area (Å²) in [6, 6.07) is 21.7. The van der Waals surface area contributed by atoms with Crippen molar-refractivity contribution in [3.63, 3.8) is 0 Å². The number of nitrogens with one attached hydrogen (secondary N) is 1. The van der Waals surface area contributed by atoms with E-state index >= 15 is 0 Å². The number of hydrogen-bond acceptors (Lipinski definition) is 3. The molecule has 3 rings (SSSR count). The summed E-state index contributed by atoms with van der Waals surface area (Å²) in [5.74, 6) is 0.463. The maximum absolute atomic E-state index is 13.6. The monoisotopic (exact) mass is 540 g/mol. The molecular formula is C30H34Cl2N2O3. The van der Waals surface area contributed by atoms with Gasteiger partial charge in [-0.05, 0) is 53.3 Å². The molecule has 2 amide bonds. The molecule has 1 N–H and O–H groups in total. The maximum Gasteiger partial charge on any atom is 0.261 e. The van der Waals surface area contributed by atoms with E-state index < -0.39 is 6.04 Å². The smallest absolute Gasteiger partial charge is 0.261 e. The predicted octanol–water partition coefficient (Wildman–Crippen LogP) is 6.66. The van der Waals surface area contributed by atoms with Gasteiger partial charge >= 0.3 is 0 Å². The van der Waals surface area contributed by atoms with Gasteiger partial charge in [-0.15, -0.1) is 0 Å². The molecule has 0 saturated carbocycles. The predicted molar refractivity (Wildman–Crippen MR) is 150 cm³/mol. The van der Waals surface area contributed by atoms with Crippen LogP contribution in [0.5, 0.6) is 5.75 Å². The Morgan fingerprint density at radius 2 is 1.68 bits per heavy atom. The first-order valence-electron chi connectivity index (χ1n) is 12.6. The van der Waals surface area contributed by atoms with Crippen molar-refractivity contribution in [2.75, 3.05) is 13.2 Å². The second kappa shape index (κ2) is 14.1. The van der Waals surface area contributed by atoms with Crippen LogP contribution in [0.15, 0.2) is 72.8 Å². The molecule has 0 aromatic heterocycles. The van der Waals surface area contributed by atoms with Crippen LogP contribution in [-0.4, -0.2) is 35.9 Å². The van der Waals surface area contributed by atoms with Gasteiger partial charge in [0.05, 0.1) is 0 Å². The number of carbonyl (C=O) groups excluding carboxylic acids is 2. The molecule has 0 saturated heterocycles. The number of amides is 2. The Morgan fingerprint density at radius 1 is 0.973 bits per heavy atom. The summed E-state index contributed by atoms with van der Waals surface area (Å²) in [7, 11) is 0. The lowest BCUT2D eigenvalue weighted by Crippen LogP contribution is -2.51. The van der Waals surface area contributed by atoms with Crippen molar-refractivity contribution in [3.05, 3.63) is 99.5 Å². The van der Waals surface area contributed by atoms with E-state index in [1.54, 1.807) is 23.1 Å². The highest BCUT2D eigenvalue weighted by Crippen LogP contribution is 2.25. The van der Waals surface area contributed by atoms with Gasteiger partial charge < -0.3 is 15.0 Å². The molecule has 3 aromatic rings. The van der Waals surface area contributed by atoms with E-state index in [1.807, 2.05) is 61.5 Å². The zero-order valence-corrected chi connectivity index (χ0v) is 23.1. The maximum atomic E-state index is 13.6. The van der Waals surface area contributed by atoms with Crippen molar-refractivity contribution in [2.24, 2.45) is 0 Å². The Balaban J connectivity index is 1.89. The molecule has 1 atom stereocenters. The first-order chi connectivity index (χ1) is 17.8. The quantitative estimate of drug-likeness (QED) is 0.279. The van der Waals surface area contributed by atoms with Crippen molar-refractivity contribution >= 4 is 35.0 Å². The summed E-state index contributed by atoms with van der Waals surface area (Å²) in [6.45, 7) is 6.68. The Hall–Kier alpha value is -3.02. The average Bonchev–Trinajstić information content (AvgIpc) is 2.89. The number of halogens is 2. The summed E-state index contributed by atoms with van der Waals surface area (Å²) >= 11 is 12.6. The van der Waals surface area contributed by atoms with E-state index in [-0.39, 0.29) is 25.0 Å². The highest BCUT2D eigenvalue weighted by atomic mass is 35.5. The van der Waals surface area contributed by atoms with E-state index in [4.69, 9.17) is 27.9 Å². The summed E-state index contributed by atoms with van der Waals surface area (Å²) < 4.78 is 5.85. The number of hydrogen-bond donors (Lipinski definition) is 1. The summed E-state index contributed by atoms with van der Waals surface area (Å²) in [4.78, 5) is 28.5. The van der Waals surface area contributed by atoms with Gasteiger partial charge in [-0.3, -0.25) is 9.59 Å². The Bertz CT molecular complexity index is 1170. The lowest BCUT2D eigenvalue weighted by molar-refractivity contribution is -0.142.